The van der Waals surface area contributed by atoms with Crippen molar-refractivity contribution >= 4 is 16.1 Å². The van der Waals surface area contributed by atoms with Gasteiger partial charge in [0, 0.05) is 46.2 Å². The first-order valence-corrected chi connectivity index (χ1v) is 7.13. The molecule has 7 heteroatoms. The molecule has 6 nitrogen and oxygen atoms in total. The van der Waals surface area contributed by atoms with Crippen molar-refractivity contribution in [1.29, 1.82) is 0 Å². The summed E-state index contributed by atoms with van der Waals surface area (Å²) in [7, 11) is -0.311. The van der Waals surface area contributed by atoms with Crippen LogP contribution in [0.4, 0.5) is 0 Å². The summed E-state index contributed by atoms with van der Waals surface area (Å²) in [6.07, 6.45) is 0. The number of rotatable bonds is 3. The van der Waals surface area contributed by atoms with Crippen molar-refractivity contribution in [3.8, 4) is 0 Å². The molecule has 0 radical (unpaired) electrons. The van der Waals surface area contributed by atoms with Crippen molar-refractivity contribution in [2.45, 2.75) is 13.8 Å². The maximum atomic E-state index is 11.8. The lowest BCUT2D eigenvalue weighted by Crippen LogP contribution is -2.53. The van der Waals surface area contributed by atoms with Crippen LogP contribution in [0.1, 0.15) is 13.8 Å². The molecule has 1 aliphatic heterocycles. The second-order valence-electron chi connectivity index (χ2n) is 4.67. The molecule has 1 amide bonds. The molecule has 0 aromatic carbocycles. The van der Waals surface area contributed by atoms with Crippen LogP contribution in [0.3, 0.4) is 0 Å². The minimum atomic E-state index is -3.34. The molecule has 100 valence electrons. The Morgan fingerprint density at radius 1 is 1.12 bits per heavy atom. The van der Waals surface area contributed by atoms with Crippen LogP contribution < -0.4 is 0 Å². The summed E-state index contributed by atoms with van der Waals surface area (Å²) >= 11 is 0. The van der Waals surface area contributed by atoms with Gasteiger partial charge in [0.1, 0.15) is 0 Å². The Morgan fingerprint density at radius 3 is 1.94 bits per heavy atom. The summed E-state index contributed by atoms with van der Waals surface area (Å²) < 4.78 is 26.3. The molecule has 0 atom stereocenters. The zero-order valence-corrected chi connectivity index (χ0v) is 11.7. The third-order valence-electron chi connectivity index (χ3n) is 2.83. The summed E-state index contributed by atoms with van der Waals surface area (Å²) in [6.45, 7) is 5.41. The Balaban J connectivity index is 2.61. The highest BCUT2D eigenvalue weighted by Crippen LogP contribution is 2.11. The predicted octanol–water partition coefficient (Wildman–Crippen LogP) is -0.407. The van der Waals surface area contributed by atoms with Crippen LogP contribution in [0.25, 0.3) is 0 Å². The van der Waals surface area contributed by atoms with E-state index in [0.717, 1.165) is 0 Å². The van der Waals surface area contributed by atoms with Gasteiger partial charge in [-0.1, -0.05) is 13.8 Å². The largest absolute Gasteiger partial charge is 0.340 e. The maximum Gasteiger partial charge on any atom is 0.281 e. The van der Waals surface area contributed by atoms with Gasteiger partial charge in [-0.3, -0.25) is 4.79 Å². The monoisotopic (exact) mass is 263 g/mol. The molecule has 1 aliphatic rings. The van der Waals surface area contributed by atoms with E-state index in [4.69, 9.17) is 0 Å². The smallest absolute Gasteiger partial charge is 0.281 e. The Hall–Kier alpha value is -0.660. The van der Waals surface area contributed by atoms with Crippen molar-refractivity contribution in [2.75, 3.05) is 40.3 Å². The average molecular weight is 263 g/mol. The first kappa shape index (κ1) is 14.4. The standard InChI is InChI=1S/C10H21N3O3S/c1-9(2)10(14)12-5-7-13(8-6-12)17(15,16)11(3)4/h9H,5-8H2,1-4H3. The highest BCUT2D eigenvalue weighted by atomic mass is 32.2. The first-order chi connectivity index (χ1) is 7.76. The van der Waals surface area contributed by atoms with Gasteiger partial charge in [0.05, 0.1) is 0 Å². The Labute approximate surface area is 103 Å². The second-order valence-corrected chi connectivity index (χ2v) is 6.81. The van der Waals surface area contributed by atoms with Crippen molar-refractivity contribution in [2.24, 2.45) is 5.92 Å². The van der Waals surface area contributed by atoms with Crippen LogP contribution in [0.2, 0.25) is 0 Å². The van der Waals surface area contributed by atoms with E-state index in [9.17, 15) is 13.2 Å². The van der Waals surface area contributed by atoms with Crippen LogP contribution in [0.5, 0.6) is 0 Å². The zero-order valence-electron chi connectivity index (χ0n) is 10.9. The molecule has 0 aromatic heterocycles. The zero-order chi connectivity index (χ0) is 13.2. The van der Waals surface area contributed by atoms with Crippen LogP contribution in [0, 0.1) is 5.92 Å². The normalized spacial score (nSPS) is 19.1. The lowest BCUT2D eigenvalue weighted by molar-refractivity contribution is -0.135. The molecule has 0 spiro atoms. The molecule has 1 saturated heterocycles. The van der Waals surface area contributed by atoms with E-state index < -0.39 is 10.2 Å². The van der Waals surface area contributed by atoms with Crippen molar-refractivity contribution in [1.82, 2.24) is 13.5 Å². The third-order valence-corrected chi connectivity index (χ3v) is 4.77. The molecule has 0 bridgehead atoms. The van der Waals surface area contributed by atoms with Crippen LogP contribution >= 0.6 is 0 Å². The summed E-state index contributed by atoms with van der Waals surface area (Å²) in [5, 5.41) is 0. The van der Waals surface area contributed by atoms with E-state index in [1.807, 2.05) is 13.8 Å². The molecule has 17 heavy (non-hydrogen) atoms. The number of carbonyl (C=O) groups is 1. The molecule has 0 aromatic rings. The molecule has 0 unspecified atom stereocenters. The molecule has 1 fully saturated rings. The molecule has 0 aliphatic carbocycles. The van der Waals surface area contributed by atoms with Crippen LogP contribution in [-0.2, 0) is 15.0 Å². The molecular weight excluding hydrogens is 242 g/mol. The number of nitrogens with zero attached hydrogens (tertiary/aromatic N) is 3. The SMILES string of the molecule is CC(C)C(=O)N1CCN(S(=O)(=O)N(C)C)CC1. The van der Waals surface area contributed by atoms with E-state index in [1.54, 1.807) is 4.90 Å². The van der Waals surface area contributed by atoms with E-state index in [0.29, 0.717) is 26.2 Å². The average Bonchev–Trinajstić information content (AvgIpc) is 2.27. The van der Waals surface area contributed by atoms with Gasteiger partial charge in [-0.15, -0.1) is 0 Å². The minimum absolute atomic E-state index is 0.0352. The minimum Gasteiger partial charge on any atom is -0.340 e. The number of hydrogen-bond acceptors (Lipinski definition) is 3. The highest BCUT2D eigenvalue weighted by Gasteiger charge is 2.30. The number of carbonyl (C=O) groups excluding carboxylic acids is 1. The second kappa shape index (κ2) is 5.32. The van der Waals surface area contributed by atoms with Gasteiger partial charge >= 0.3 is 0 Å². The third kappa shape index (κ3) is 3.17. The van der Waals surface area contributed by atoms with E-state index in [1.165, 1.54) is 22.7 Å². The number of amides is 1. The predicted molar refractivity (Wildman–Crippen MR) is 65.6 cm³/mol. The molecule has 1 rings (SSSR count). The van der Waals surface area contributed by atoms with Crippen LogP contribution in [0.15, 0.2) is 0 Å². The van der Waals surface area contributed by atoms with Crippen LogP contribution in [-0.4, -0.2) is 68.1 Å². The van der Waals surface area contributed by atoms with E-state index in [2.05, 4.69) is 0 Å². The van der Waals surface area contributed by atoms with Gasteiger partial charge in [0.2, 0.25) is 5.91 Å². The Bertz CT molecular complexity index is 370. The lowest BCUT2D eigenvalue weighted by Gasteiger charge is -2.35. The quantitative estimate of drug-likeness (QED) is 0.695. The fourth-order valence-corrected chi connectivity index (χ4v) is 2.82. The molecule has 1 heterocycles. The molecule has 0 saturated carbocycles. The van der Waals surface area contributed by atoms with Gasteiger partial charge in [-0.2, -0.15) is 17.0 Å². The molecular formula is C10H21N3O3S. The molecule has 0 N–H and O–H groups in total. The number of hydrogen-bond donors (Lipinski definition) is 0. The van der Waals surface area contributed by atoms with Gasteiger partial charge in [0.15, 0.2) is 0 Å². The topological polar surface area (TPSA) is 60.9 Å². The Morgan fingerprint density at radius 2 is 1.59 bits per heavy atom. The van der Waals surface area contributed by atoms with Crippen molar-refractivity contribution < 1.29 is 13.2 Å². The Kier molecular flexibility index (Phi) is 4.51. The van der Waals surface area contributed by atoms with Gasteiger partial charge < -0.3 is 4.90 Å². The number of piperazine rings is 1. The summed E-state index contributed by atoms with van der Waals surface area (Å²) in [5.74, 6) is 0.0545. The fourth-order valence-electron chi connectivity index (χ4n) is 1.74. The first-order valence-electron chi connectivity index (χ1n) is 5.73. The van der Waals surface area contributed by atoms with Crippen molar-refractivity contribution in [3.05, 3.63) is 0 Å². The van der Waals surface area contributed by atoms with E-state index in [-0.39, 0.29) is 11.8 Å². The van der Waals surface area contributed by atoms with Gasteiger partial charge in [-0.05, 0) is 0 Å². The highest BCUT2D eigenvalue weighted by molar-refractivity contribution is 7.86. The maximum absolute atomic E-state index is 11.8. The summed E-state index contributed by atoms with van der Waals surface area (Å²) in [5.41, 5.74) is 0. The van der Waals surface area contributed by atoms with E-state index >= 15 is 0 Å². The lowest BCUT2D eigenvalue weighted by atomic mass is 10.2. The van der Waals surface area contributed by atoms with Crippen molar-refractivity contribution in [3.63, 3.8) is 0 Å². The van der Waals surface area contributed by atoms with Gasteiger partial charge in [0.25, 0.3) is 10.2 Å². The summed E-state index contributed by atoms with van der Waals surface area (Å²) in [6, 6.07) is 0. The fraction of sp³-hybridized carbons (Fsp3) is 0.900. The summed E-state index contributed by atoms with van der Waals surface area (Å²) in [4.78, 5) is 13.5. The van der Waals surface area contributed by atoms with Gasteiger partial charge in [-0.25, -0.2) is 0 Å².